The fraction of sp³-hybridized carbons (Fsp3) is 0.462. The van der Waals surface area contributed by atoms with Crippen LogP contribution in [0.1, 0.15) is 31.2 Å². The number of halogens is 1. The van der Waals surface area contributed by atoms with Crippen LogP contribution in [0.3, 0.4) is 0 Å². The Labute approximate surface area is 117 Å². The van der Waals surface area contributed by atoms with E-state index in [9.17, 15) is 5.11 Å². The molecule has 0 saturated heterocycles. The summed E-state index contributed by atoms with van der Waals surface area (Å²) in [5, 5.41) is 13.9. The molecule has 0 heterocycles. The van der Waals surface area contributed by atoms with Crippen molar-refractivity contribution < 1.29 is 5.11 Å². The average molecular weight is 285 g/mol. The molecule has 4 N–H and O–H groups in total. The van der Waals surface area contributed by atoms with Gasteiger partial charge >= 0.3 is 0 Å². The molecule has 1 aromatic rings. The zero-order valence-electron chi connectivity index (χ0n) is 10.0. The minimum Gasteiger partial charge on any atom is -0.391 e. The maximum absolute atomic E-state index is 9.96. The summed E-state index contributed by atoms with van der Waals surface area (Å²) in [6.07, 6.45) is 3.70. The van der Waals surface area contributed by atoms with Crippen molar-refractivity contribution >= 4 is 34.5 Å². The van der Waals surface area contributed by atoms with Crippen LogP contribution in [0.5, 0.6) is 0 Å². The predicted molar refractivity (Wildman–Crippen MR) is 79.2 cm³/mol. The fourth-order valence-corrected chi connectivity index (χ4v) is 2.67. The average Bonchev–Trinajstić information content (AvgIpc) is 2.34. The van der Waals surface area contributed by atoms with Crippen molar-refractivity contribution in [1.82, 2.24) is 0 Å². The normalized spacial score (nSPS) is 23.7. The van der Waals surface area contributed by atoms with Crippen LogP contribution in [-0.4, -0.2) is 22.2 Å². The summed E-state index contributed by atoms with van der Waals surface area (Å²) in [5.74, 6) is 0. The van der Waals surface area contributed by atoms with Crippen molar-refractivity contribution in [1.29, 1.82) is 0 Å². The molecule has 3 nitrogen and oxygen atoms in total. The molecule has 5 heteroatoms. The van der Waals surface area contributed by atoms with Gasteiger partial charge in [-0.2, -0.15) is 0 Å². The van der Waals surface area contributed by atoms with Crippen LogP contribution in [0.25, 0.3) is 0 Å². The molecule has 0 radical (unpaired) electrons. The number of anilines is 1. The van der Waals surface area contributed by atoms with E-state index in [2.05, 4.69) is 5.32 Å². The lowest BCUT2D eigenvalue weighted by molar-refractivity contribution is 0.116. The Balaban J connectivity index is 2.20. The molecule has 18 heavy (non-hydrogen) atoms. The summed E-state index contributed by atoms with van der Waals surface area (Å²) in [4.78, 5) is 0.310. The van der Waals surface area contributed by atoms with Gasteiger partial charge in [-0.3, -0.25) is 0 Å². The number of thiocarbonyl (C=S) groups is 1. The van der Waals surface area contributed by atoms with E-state index in [1.807, 2.05) is 6.07 Å². The van der Waals surface area contributed by atoms with E-state index < -0.39 is 0 Å². The van der Waals surface area contributed by atoms with Crippen LogP contribution in [0.15, 0.2) is 18.2 Å². The third kappa shape index (κ3) is 3.13. The summed E-state index contributed by atoms with van der Waals surface area (Å²) in [5.41, 5.74) is 7.27. The van der Waals surface area contributed by atoms with Crippen LogP contribution in [-0.2, 0) is 0 Å². The Morgan fingerprint density at radius 3 is 2.78 bits per heavy atom. The Morgan fingerprint density at radius 1 is 1.39 bits per heavy atom. The smallest absolute Gasteiger partial charge is 0.106 e. The number of aliphatic hydroxyl groups is 1. The van der Waals surface area contributed by atoms with Gasteiger partial charge in [-0.25, -0.2) is 0 Å². The summed E-state index contributed by atoms with van der Waals surface area (Å²) in [6.45, 7) is 0. The highest BCUT2D eigenvalue weighted by Gasteiger charge is 2.23. The highest BCUT2D eigenvalue weighted by molar-refractivity contribution is 7.80. The maximum atomic E-state index is 9.96. The number of benzene rings is 1. The molecule has 1 saturated carbocycles. The van der Waals surface area contributed by atoms with Gasteiger partial charge in [0.2, 0.25) is 0 Å². The van der Waals surface area contributed by atoms with Crippen LogP contribution in [0, 0.1) is 0 Å². The Morgan fingerprint density at radius 2 is 2.11 bits per heavy atom. The van der Waals surface area contributed by atoms with Gasteiger partial charge in [0.25, 0.3) is 0 Å². The van der Waals surface area contributed by atoms with Gasteiger partial charge in [0.05, 0.1) is 12.1 Å². The molecule has 1 aromatic carbocycles. The van der Waals surface area contributed by atoms with E-state index >= 15 is 0 Å². The largest absolute Gasteiger partial charge is 0.391 e. The van der Waals surface area contributed by atoms with E-state index in [-0.39, 0.29) is 12.1 Å². The van der Waals surface area contributed by atoms with Crippen molar-refractivity contribution in [2.45, 2.75) is 37.8 Å². The number of rotatable bonds is 3. The molecule has 0 amide bonds. The molecular weight excluding hydrogens is 268 g/mol. The zero-order valence-corrected chi connectivity index (χ0v) is 11.6. The van der Waals surface area contributed by atoms with E-state index in [1.165, 1.54) is 0 Å². The van der Waals surface area contributed by atoms with E-state index in [0.29, 0.717) is 10.0 Å². The third-order valence-corrected chi connectivity index (χ3v) is 3.77. The van der Waals surface area contributed by atoms with Crippen molar-refractivity contribution in [2.24, 2.45) is 5.73 Å². The lowest BCUT2D eigenvalue weighted by Crippen LogP contribution is -2.36. The van der Waals surface area contributed by atoms with Crippen molar-refractivity contribution in [3.63, 3.8) is 0 Å². The minimum absolute atomic E-state index is 0.0630. The van der Waals surface area contributed by atoms with Gasteiger partial charge in [-0.1, -0.05) is 36.7 Å². The van der Waals surface area contributed by atoms with Crippen molar-refractivity contribution in [3.8, 4) is 0 Å². The molecule has 2 rings (SSSR count). The molecule has 2 unspecified atom stereocenters. The molecule has 1 fully saturated rings. The molecule has 0 bridgehead atoms. The SMILES string of the molecule is NC(=S)c1cc(Cl)ccc1NC1CCCCC1O. The molecule has 0 aromatic heterocycles. The first-order valence-electron chi connectivity index (χ1n) is 6.12. The van der Waals surface area contributed by atoms with Crippen LogP contribution in [0.4, 0.5) is 5.69 Å². The zero-order chi connectivity index (χ0) is 13.1. The molecule has 1 aliphatic carbocycles. The number of hydrogen-bond acceptors (Lipinski definition) is 3. The van der Waals surface area contributed by atoms with Gasteiger partial charge in [0, 0.05) is 16.3 Å². The van der Waals surface area contributed by atoms with Gasteiger partial charge in [0.15, 0.2) is 0 Å². The highest BCUT2D eigenvalue weighted by atomic mass is 35.5. The lowest BCUT2D eigenvalue weighted by Gasteiger charge is -2.30. The molecule has 2 atom stereocenters. The predicted octanol–water partition coefficient (Wildman–Crippen LogP) is 2.69. The van der Waals surface area contributed by atoms with Gasteiger partial charge in [-0.05, 0) is 31.0 Å². The maximum Gasteiger partial charge on any atom is 0.106 e. The van der Waals surface area contributed by atoms with E-state index in [1.54, 1.807) is 12.1 Å². The Hall–Kier alpha value is -0.840. The van der Waals surface area contributed by atoms with E-state index in [0.717, 1.165) is 36.9 Å². The molecule has 98 valence electrons. The summed E-state index contributed by atoms with van der Waals surface area (Å²) < 4.78 is 0. The summed E-state index contributed by atoms with van der Waals surface area (Å²) in [7, 11) is 0. The fourth-order valence-electron chi connectivity index (χ4n) is 2.33. The van der Waals surface area contributed by atoms with Crippen molar-refractivity contribution in [3.05, 3.63) is 28.8 Å². The monoisotopic (exact) mass is 284 g/mol. The Kier molecular flexibility index (Phi) is 4.43. The number of aliphatic hydroxyl groups excluding tert-OH is 1. The highest BCUT2D eigenvalue weighted by Crippen LogP contribution is 2.26. The summed E-state index contributed by atoms with van der Waals surface area (Å²) in [6, 6.07) is 5.47. The number of nitrogens with one attached hydrogen (secondary N) is 1. The molecule has 1 aliphatic rings. The second-order valence-corrected chi connectivity index (χ2v) is 5.53. The third-order valence-electron chi connectivity index (χ3n) is 3.32. The first-order chi connectivity index (χ1) is 8.58. The van der Waals surface area contributed by atoms with Gasteiger partial charge in [0.1, 0.15) is 4.99 Å². The Bertz CT molecular complexity index is 453. The lowest BCUT2D eigenvalue weighted by atomic mass is 9.92. The first kappa shape index (κ1) is 13.6. The number of hydrogen-bond donors (Lipinski definition) is 3. The topological polar surface area (TPSA) is 58.3 Å². The summed E-state index contributed by atoms with van der Waals surface area (Å²) >= 11 is 11.0. The molecular formula is C13H17ClN2OS. The minimum atomic E-state index is -0.311. The van der Waals surface area contributed by atoms with Crippen LogP contribution < -0.4 is 11.1 Å². The van der Waals surface area contributed by atoms with Gasteiger partial charge in [-0.15, -0.1) is 0 Å². The van der Waals surface area contributed by atoms with Crippen molar-refractivity contribution in [2.75, 3.05) is 5.32 Å². The van der Waals surface area contributed by atoms with Gasteiger partial charge < -0.3 is 16.2 Å². The van der Waals surface area contributed by atoms with Crippen LogP contribution >= 0.6 is 23.8 Å². The first-order valence-corrected chi connectivity index (χ1v) is 6.90. The quantitative estimate of drug-likeness (QED) is 0.747. The number of nitrogens with two attached hydrogens (primary N) is 1. The molecule has 0 aliphatic heterocycles. The second kappa shape index (κ2) is 5.87. The molecule has 0 spiro atoms. The van der Waals surface area contributed by atoms with Crippen LogP contribution in [0.2, 0.25) is 5.02 Å². The van der Waals surface area contributed by atoms with E-state index in [4.69, 9.17) is 29.6 Å². The standard InChI is InChI=1S/C13H17ClN2OS/c14-8-5-6-10(9(7-8)13(15)18)16-11-3-1-2-4-12(11)17/h5-7,11-12,16-17H,1-4H2,(H2,15,18). The second-order valence-electron chi connectivity index (χ2n) is 4.66.